The van der Waals surface area contributed by atoms with Gasteiger partial charge in [0.25, 0.3) is 0 Å². The van der Waals surface area contributed by atoms with Crippen LogP contribution in [0.25, 0.3) is 0 Å². The van der Waals surface area contributed by atoms with Crippen molar-refractivity contribution in [3.05, 3.63) is 0 Å². The third-order valence-electron chi connectivity index (χ3n) is 0. The van der Waals surface area contributed by atoms with Gasteiger partial charge in [0.2, 0.25) is 0 Å². The van der Waals surface area contributed by atoms with Gasteiger partial charge in [0.1, 0.15) is 0 Å². The molecular weight excluding hydrogens is 208 g/mol. The molecule has 0 spiro atoms. The van der Waals surface area contributed by atoms with Crippen LogP contribution in [0.1, 0.15) is 0 Å². The zero-order chi connectivity index (χ0) is 0. The van der Waals surface area contributed by atoms with Crippen molar-refractivity contribution in [1.29, 1.82) is 0 Å². The Kier molecular flexibility index (Phi) is 435. The number of rotatable bonds is 0. The summed E-state index contributed by atoms with van der Waals surface area (Å²) in [7, 11) is 0. The van der Waals surface area contributed by atoms with E-state index in [-0.39, 0.29) is 74.6 Å². The van der Waals surface area contributed by atoms with E-state index in [0.717, 1.165) is 0 Å². The maximum absolute atomic E-state index is 0. The van der Waals surface area contributed by atoms with E-state index in [2.05, 4.69) is 0 Å². The minimum atomic E-state index is 0. The minimum Gasteiger partial charge on any atom is -0.813 e. The van der Waals surface area contributed by atoms with Gasteiger partial charge in [0, 0.05) is 17.1 Å². The molecule has 0 bridgehead atoms. The molecule has 0 rings (SSSR count). The second-order valence-electron chi connectivity index (χ2n) is 0. The Labute approximate surface area is 74.1 Å². The van der Waals surface area contributed by atoms with E-state index in [0.29, 0.717) is 0 Å². The molecule has 0 saturated heterocycles. The Bertz CT molecular complexity index is 4.85. The van der Waals surface area contributed by atoms with Crippen LogP contribution in [0.15, 0.2) is 0 Å². The van der Waals surface area contributed by atoms with Gasteiger partial charge in [-0.15, -0.1) is 0 Å². The molecule has 0 amide bonds. The Morgan fingerprint density at radius 2 is 0.600 bits per heavy atom. The summed E-state index contributed by atoms with van der Waals surface area (Å²) in [5, 5.41) is 0. The molecule has 0 unspecified atom stereocenters. The summed E-state index contributed by atoms with van der Waals surface area (Å²) >= 11 is 0. The predicted octanol–water partition coefficient (Wildman–Crippen LogP) is -0.815. The van der Waals surface area contributed by atoms with Crippen molar-refractivity contribution >= 4 is 40.5 Å². The summed E-state index contributed by atoms with van der Waals surface area (Å²) in [4.78, 5) is 0. The third kappa shape index (κ3) is 23.3. The standard InChI is InChI=1S/2Fe.3H2S/h;;3*1H2/q;+2;;;/p-3. The van der Waals surface area contributed by atoms with Gasteiger partial charge in [0.15, 0.2) is 0 Å². The largest absolute Gasteiger partial charge is 2.00 e. The first-order valence-electron chi connectivity index (χ1n) is 0. The molecule has 0 aromatic rings. The molecule has 0 atom stereocenters. The monoisotopic (exact) mass is 211 g/mol. The summed E-state index contributed by atoms with van der Waals surface area (Å²) in [6.07, 6.45) is 0. The van der Waals surface area contributed by atoms with Crippen LogP contribution >= 0.6 is 0 Å². The van der Waals surface area contributed by atoms with Crippen LogP contribution in [0.3, 0.4) is 0 Å². The molecule has 0 nitrogen and oxygen atoms in total. The molecule has 0 fully saturated rings. The Morgan fingerprint density at radius 1 is 0.600 bits per heavy atom. The smallest absolute Gasteiger partial charge is 0.813 e. The SMILES string of the molecule is [Fe+2].[Fe].[SH-].[SH-].[SH-]. The zero-order valence-corrected chi connectivity index (χ0v) is 6.94. The summed E-state index contributed by atoms with van der Waals surface area (Å²) in [6.45, 7) is 0. The van der Waals surface area contributed by atoms with Crippen LogP contribution < -0.4 is 0 Å². The van der Waals surface area contributed by atoms with Crippen molar-refractivity contribution in [2.24, 2.45) is 0 Å². The molecule has 0 N–H and O–H groups in total. The Balaban J connectivity index is 0. The van der Waals surface area contributed by atoms with Gasteiger partial charge in [-0.05, 0) is 0 Å². The fourth-order valence-electron chi connectivity index (χ4n) is 0. The van der Waals surface area contributed by atoms with Crippen molar-refractivity contribution in [3.63, 3.8) is 0 Å². The fourth-order valence-corrected chi connectivity index (χ4v) is 0. The summed E-state index contributed by atoms with van der Waals surface area (Å²) < 4.78 is 0. The topological polar surface area (TPSA) is 0 Å². The number of thiol groups is 3. The number of hydrogen-bond donors (Lipinski definition) is 0. The van der Waals surface area contributed by atoms with Crippen LogP contribution in [-0.4, -0.2) is 0 Å². The molecule has 0 saturated carbocycles. The molecule has 0 aliphatic carbocycles. The molecule has 0 aromatic carbocycles. The molecule has 0 aliphatic rings. The quantitative estimate of drug-likeness (QED) is 0.292. The van der Waals surface area contributed by atoms with E-state index in [1.807, 2.05) is 0 Å². The first-order valence-corrected chi connectivity index (χ1v) is 0. The van der Waals surface area contributed by atoms with Gasteiger partial charge in [0.05, 0.1) is 0 Å². The van der Waals surface area contributed by atoms with Crippen molar-refractivity contribution < 1.29 is 34.1 Å². The second kappa shape index (κ2) is 36.1. The molecule has 5 heteroatoms. The molecule has 0 aliphatic heterocycles. The third-order valence-corrected chi connectivity index (χ3v) is 0. The van der Waals surface area contributed by atoms with Gasteiger partial charge in [-0.3, -0.25) is 0 Å². The molecule has 0 aromatic heterocycles. The fraction of sp³-hybridized carbons (Fsp3) is 0. The molecule has 5 heavy (non-hydrogen) atoms. The van der Waals surface area contributed by atoms with Crippen molar-refractivity contribution in [3.8, 4) is 0 Å². The Hall–Kier alpha value is 2.09. The average Bonchev–Trinajstić information content (AvgIpc) is 0. The van der Waals surface area contributed by atoms with Gasteiger partial charge in [-0.2, -0.15) is 0 Å². The maximum Gasteiger partial charge on any atom is 2.00 e. The average molecular weight is 211 g/mol. The van der Waals surface area contributed by atoms with Crippen molar-refractivity contribution in [2.75, 3.05) is 0 Å². The first-order chi connectivity index (χ1) is 0. The van der Waals surface area contributed by atoms with E-state index in [1.165, 1.54) is 0 Å². The molecule has 38 valence electrons. The van der Waals surface area contributed by atoms with E-state index < -0.39 is 0 Å². The van der Waals surface area contributed by atoms with Crippen LogP contribution in [-0.2, 0) is 74.6 Å². The van der Waals surface area contributed by atoms with Crippen LogP contribution in [0.5, 0.6) is 0 Å². The van der Waals surface area contributed by atoms with E-state index in [9.17, 15) is 0 Å². The summed E-state index contributed by atoms with van der Waals surface area (Å²) in [6, 6.07) is 0. The van der Waals surface area contributed by atoms with Crippen LogP contribution in [0.4, 0.5) is 0 Å². The molecule has 0 radical (unpaired) electrons. The van der Waals surface area contributed by atoms with Crippen LogP contribution in [0, 0.1) is 0 Å². The molecule has 0 heterocycles. The summed E-state index contributed by atoms with van der Waals surface area (Å²) in [5.41, 5.74) is 0. The first kappa shape index (κ1) is 60.2. The zero-order valence-electron chi connectivity index (χ0n) is 2.05. The van der Waals surface area contributed by atoms with Gasteiger partial charge >= 0.3 is 17.1 Å². The maximum atomic E-state index is 0. The van der Waals surface area contributed by atoms with E-state index in [1.54, 1.807) is 0 Å². The minimum absolute atomic E-state index is 0. The van der Waals surface area contributed by atoms with E-state index >= 15 is 0 Å². The Morgan fingerprint density at radius 3 is 0.600 bits per heavy atom. The predicted molar refractivity (Wildman–Crippen MR) is 26.3 cm³/mol. The normalized spacial score (nSPS) is 0. The van der Waals surface area contributed by atoms with Gasteiger partial charge in [-0.25, -0.2) is 0 Å². The molecular formula is H3Fe2S3-. The van der Waals surface area contributed by atoms with Crippen molar-refractivity contribution in [1.82, 2.24) is 0 Å². The van der Waals surface area contributed by atoms with E-state index in [4.69, 9.17) is 0 Å². The van der Waals surface area contributed by atoms with Gasteiger partial charge < -0.3 is 40.5 Å². The van der Waals surface area contributed by atoms with Crippen LogP contribution in [0.2, 0.25) is 0 Å². The summed E-state index contributed by atoms with van der Waals surface area (Å²) in [5.74, 6) is 0. The second-order valence-corrected chi connectivity index (χ2v) is 0. The van der Waals surface area contributed by atoms with Crippen molar-refractivity contribution in [2.45, 2.75) is 0 Å². The number of hydrogen-bond acceptors (Lipinski definition) is 3. The van der Waals surface area contributed by atoms with Gasteiger partial charge in [-0.1, -0.05) is 0 Å².